The van der Waals surface area contributed by atoms with E-state index < -0.39 is 15.9 Å². The second-order valence-electron chi connectivity index (χ2n) is 9.00. The molecule has 5 rings (SSSR count). The van der Waals surface area contributed by atoms with Gasteiger partial charge >= 0.3 is 0 Å². The van der Waals surface area contributed by atoms with Crippen molar-refractivity contribution in [2.45, 2.75) is 24.4 Å². The predicted molar refractivity (Wildman–Crippen MR) is 149 cm³/mol. The van der Waals surface area contributed by atoms with Crippen LogP contribution in [0.3, 0.4) is 0 Å². The number of fused-ring (bicyclic) bond motifs is 2. The van der Waals surface area contributed by atoms with Gasteiger partial charge in [0.15, 0.2) is 16.3 Å². The van der Waals surface area contributed by atoms with Gasteiger partial charge in [0.1, 0.15) is 0 Å². The van der Waals surface area contributed by atoms with Gasteiger partial charge in [-0.15, -0.1) is 0 Å². The lowest BCUT2D eigenvalue weighted by Crippen LogP contribution is -2.35. The van der Waals surface area contributed by atoms with Gasteiger partial charge in [0.25, 0.3) is 5.91 Å². The van der Waals surface area contributed by atoms with Crippen LogP contribution in [0, 0.1) is 0 Å². The first-order chi connectivity index (χ1) is 18.8. The lowest BCUT2D eigenvalue weighted by atomic mass is 10.0. The third-order valence-electron chi connectivity index (χ3n) is 6.74. The Hall–Kier alpha value is -3.51. The van der Waals surface area contributed by atoms with Crippen molar-refractivity contribution < 1.29 is 27.4 Å². The first kappa shape index (κ1) is 27.1. The normalized spacial score (nSPS) is 14.4. The minimum absolute atomic E-state index is 0.148. The summed E-state index contributed by atoms with van der Waals surface area (Å²) in [4.78, 5) is 18.2. The molecule has 3 aromatic carbocycles. The number of thiazole rings is 1. The van der Waals surface area contributed by atoms with Gasteiger partial charge in [-0.2, -0.15) is 9.30 Å². The van der Waals surface area contributed by atoms with E-state index in [0.29, 0.717) is 54.5 Å². The molecule has 1 aliphatic heterocycles. The number of sulfonamides is 1. The predicted octanol–water partition coefficient (Wildman–Crippen LogP) is 3.85. The molecule has 39 heavy (non-hydrogen) atoms. The molecule has 0 bridgehead atoms. The smallest absolute Gasteiger partial charge is 0.279 e. The van der Waals surface area contributed by atoms with Crippen LogP contribution in [-0.2, 0) is 34.3 Å². The average Bonchev–Trinajstić information content (AvgIpc) is 3.30. The number of carbonyl (C=O) groups excluding carboxylic acids is 1. The Morgan fingerprint density at radius 3 is 2.36 bits per heavy atom. The molecule has 0 aliphatic carbocycles. The van der Waals surface area contributed by atoms with Crippen LogP contribution in [0.25, 0.3) is 10.2 Å². The fraction of sp³-hybridized carbons (Fsp3) is 0.286. The molecule has 204 valence electrons. The lowest BCUT2D eigenvalue weighted by molar-refractivity contribution is 0.0997. The quantitative estimate of drug-likeness (QED) is 0.321. The third-order valence-corrected chi connectivity index (χ3v) is 9.64. The zero-order chi connectivity index (χ0) is 27.6. The van der Waals surface area contributed by atoms with Crippen LogP contribution in [0.15, 0.2) is 70.6 Å². The van der Waals surface area contributed by atoms with Gasteiger partial charge in [0.2, 0.25) is 10.0 Å². The summed E-state index contributed by atoms with van der Waals surface area (Å²) in [6, 6.07) is 17.5. The minimum Gasteiger partial charge on any atom is -0.493 e. The maximum atomic E-state index is 13.3. The van der Waals surface area contributed by atoms with Gasteiger partial charge in [-0.05, 0) is 41.8 Å². The monoisotopic (exact) mass is 567 g/mol. The van der Waals surface area contributed by atoms with Crippen molar-refractivity contribution in [1.82, 2.24) is 8.87 Å². The summed E-state index contributed by atoms with van der Waals surface area (Å²) in [5.74, 6) is 0.681. The van der Waals surface area contributed by atoms with Crippen molar-refractivity contribution in [2.75, 3.05) is 34.5 Å². The van der Waals surface area contributed by atoms with Crippen molar-refractivity contribution in [3.63, 3.8) is 0 Å². The third kappa shape index (κ3) is 5.35. The van der Waals surface area contributed by atoms with E-state index in [9.17, 15) is 13.2 Å². The van der Waals surface area contributed by atoms with Crippen molar-refractivity contribution in [2.24, 2.45) is 4.99 Å². The highest BCUT2D eigenvalue weighted by Crippen LogP contribution is 2.33. The molecule has 9 nitrogen and oxygen atoms in total. The molecule has 1 aromatic heterocycles. The fourth-order valence-electron chi connectivity index (χ4n) is 4.63. The number of hydrogen-bond acceptors (Lipinski definition) is 7. The van der Waals surface area contributed by atoms with Crippen LogP contribution < -0.4 is 14.3 Å². The molecular formula is C28H29N3O6S2. The summed E-state index contributed by atoms with van der Waals surface area (Å²) in [6.07, 6.45) is 0.668. The highest BCUT2D eigenvalue weighted by atomic mass is 32.2. The van der Waals surface area contributed by atoms with E-state index >= 15 is 0 Å². The summed E-state index contributed by atoms with van der Waals surface area (Å²) in [6.45, 7) is 1.65. The summed E-state index contributed by atoms with van der Waals surface area (Å²) in [7, 11) is 1.04. The molecule has 0 radical (unpaired) electrons. The topological polar surface area (TPSA) is 99.4 Å². The van der Waals surface area contributed by atoms with Crippen LogP contribution in [0.5, 0.6) is 11.5 Å². The molecule has 1 amide bonds. The number of carbonyl (C=O) groups is 1. The first-order valence-electron chi connectivity index (χ1n) is 12.4. The molecule has 11 heteroatoms. The van der Waals surface area contributed by atoms with Gasteiger partial charge in [0.05, 0.1) is 35.9 Å². The van der Waals surface area contributed by atoms with Crippen molar-refractivity contribution in [3.05, 3.63) is 82.2 Å². The molecule has 4 aromatic rings. The van der Waals surface area contributed by atoms with E-state index in [2.05, 4.69) is 4.99 Å². The molecule has 0 N–H and O–H groups in total. The van der Waals surface area contributed by atoms with Gasteiger partial charge < -0.3 is 18.8 Å². The second-order valence-corrected chi connectivity index (χ2v) is 11.9. The second kappa shape index (κ2) is 11.3. The Morgan fingerprint density at radius 2 is 1.67 bits per heavy atom. The van der Waals surface area contributed by atoms with Crippen LogP contribution in [0.4, 0.5) is 0 Å². The standard InChI is InChI=1S/C28H29N3O6S2/c1-35-15-14-31-23-16-24(36-2)25(37-3)17-26(23)38-28(31)29-27(32)20-8-10-22(11-9-20)39(33,34)30-13-12-19-6-4-5-7-21(19)18-30/h4-11,16-17H,12-15,18H2,1-3H3. The van der Waals surface area contributed by atoms with E-state index in [0.717, 1.165) is 15.8 Å². The van der Waals surface area contributed by atoms with Gasteiger partial charge in [-0.25, -0.2) is 8.42 Å². The highest BCUT2D eigenvalue weighted by Gasteiger charge is 2.28. The number of ether oxygens (including phenoxy) is 3. The molecule has 0 fully saturated rings. The highest BCUT2D eigenvalue weighted by molar-refractivity contribution is 7.89. The molecule has 1 aliphatic rings. The van der Waals surface area contributed by atoms with E-state index in [1.54, 1.807) is 21.3 Å². The van der Waals surface area contributed by atoms with E-state index in [4.69, 9.17) is 14.2 Å². The summed E-state index contributed by atoms with van der Waals surface area (Å²) in [5, 5.41) is 0. The maximum Gasteiger partial charge on any atom is 0.279 e. The summed E-state index contributed by atoms with van der Waals surface area (Å²) in [5.41, 5.74) is 3.32. The van der Waals surface area contributed by atoms with E-state index in [1.807, 2.05) is 41.0 Å². The zero-order valence-electron chi connectivity index (χ0n) is 21.9. The number of amides is 1. The van der Waals surface area contributed by atoms with Crippen LogP contribution >= 0.6 is 11.3 Å². The molecular weight excluding hydrogens is 538 g/mol. The number of nitrogens with zero attached hydrogens (tertiary/aromatic N) is 3. The van der Waals surface area contributed by atoms with Crippen molar-refractivity contribution in [3.8, 4) is 11.5 Å². The van der Waals surface area contributed by atoms with E-state index in [1.165, 1.54) is 45.5 Å². The van der Waals surface area contributed by atoms with Crippen LogP contribution in [0.1, 0.15) is 21.5 Å². The van der Waals surface area contributed by atoms with Crippen LogP contribution in [-0.4, -0.2) is 57.7 Å². The fourth-order valence-corrected chi connectivity index (χ4v) is 7.11. The number of benzene rings is 3. The zero-order valence-corrected chi connectivity index (χ0v) is 23.5. The summed E-state index contributed by atoms with van der Waals surface area (Å²) >= 11 is 1.35. The SMILES string of the molecule is COCCn1c(=NC(=O)c2ccc(S(=O)(=O)N3CCc4ccccc4C3)cc2)sc2cc(OC)c(OC)cc21. The minimum atomic E-state index is -3.70. The molecule has 0 unspecified atom stereocenters. The number of rotatable bonds is 8. The van der Waals surface area contributed by atoms with Gasteiger partial charge in [0, 0.05) is 44.4 Å². The number of methoxy groups -OCH3 is 3. The van der Waals surface area contributed by atoms with Crippen molar-refractivity contribution >= 4 is 37.5 Å². The molecule has 2 heterocycles. The molecule has 0 saturated carbocycles. The van der Waals surface area contributed by atoms with Gasteiger partial charge in [-0.1, -0.05) is 35.6 Å². The number of aromatic nitrogens is 1. The lowest BCUT2D eigenvalue weighted by Gasteiger charge is -2.28. The Balaban J connectivity index is 1.44. The van der Waals surface area contributed by atoms with Crippen LogP contribution in [0.2, 0.25) is 0 Å². The largest absolute Gasteiger partial charge is 0.493 e. The Bertz CT molecular complexity index is 1690. The molecule has 0 atom stereocenters. The maximum absolute atomic E-state index is 13.3. The Morgan fingerprint density at radius 1 is 0.974 bits per heavy atom. The first-order valence-corrected chi connectivity index (χ1v) is 14.6. The summed E-state index contributed by atoms with van der Waals surface area (Å²) < 4.78 is 47.0. The van der Waals surface area contributed by atoms with Gasteiger partial charge in [-0.3, -0.25) is 4.79 Å². The molecule has 0 saturated heterocycles. The average molecular weight is 568 g/mol. The van der Waals surface area contributed by atoms with E-state index in [-0.39, 0.29) is 4.90 Å². The van der Waals surface area contributed by atoms with Crippen molar-refractivity contribution in [1.29, 1.82) is 0 Å². The number of hydrogen-bond donors (Lipinski definition) is 0. The molecule has 0 spiro atoms. The Labute approximate surface area is 230 Å². The Kier molecular flexibility index (Phi) is 7.85.